The van der Waals surface area contributed by atoms with Gasteiger partial charge in [-0.1, -0.05) is 54.6 Å². The Kier molecular flexibility index (Phi) is 3.67. The van der Waals surface area contributed by atoms with E-state index in [-0.39, 0.29) is 5.56 Å². The maximum Gasteiger partial charge on any atom is 0.272 e. The number of hydrogen-bond donors (Lipinski definition) is 2. The molecule has 0 aliphatic heterocycles. The molecule has 7 aromatic rings. The number of H-pyrrole nitrogens is 2. The van der Waals surface area contributed by atoms with Crippen LogP contribution in [0.15, 0.2) is 108 Å². The van der Waals surface area contributed by atoms with Crippen molar-refractivity contribution < 1.29 is 0 Å². The summed E-state index contributed by atoms with van der Waals surface area (Å²) in [5.74, 6) is 0. The highest BCUT2D eigenvalue weighted by Crippen LogP contribution is 2.38. The molecule has 3 heterocycles. The van der Waals surface area contributed by atoms with Gasteiger partial charge in [-0.25, -0.2) is 0 Å². The van der Waals surface area contributed by atoms with E-state index in [1.54, 1.807) is 6.20 Å². The largest absolute Gasteiger partial charge is 0.350 e. The van der Waals surface area contributed by atoms with E-state index in [0.29, 0.717) is 5.52 Å². The van der Waals surface area contributed by atoms with E-state index in [1.807, 2.05) is 24.3 Å². The molecular formula is C29H19N3O. The standard InChI is InChI=1S/C29H19N3O/c33-29-28-22(15-16-30-29)27-20(10-6-11-24(27)31-28)18-13-14-26-23(17-18)21-9-4-5-12-25(21)32(26)19-7-2-1-3-8-19/h1-17,31H,(H,30,33). The number of aromatic amines is 2. The van der Waals surface area contributed by atoms with Crippen molar-refractivity contribution in [2.45, 2.75) is 0 Å². The topological polar surface area (TPSA) is 53.6 Å². The maximum absolute atomic E-state index is 12.4. The van der Waals surface area contributed by atoms with E-state index in [9.17, 15) is 4.79 Å². The number of rotatable bonds is 2. The van der Waals surface area contributed by atoms with E-state index in [1.165, 1.54) is 21.8 Å². The first-order valence-corrected chi connectivity index (χ1v) is 11.0. The minimum Gasteiger partial charge on any atom is -0.350 e. The summed E-state index contributed by atoms with van der Waals surface area (Å²) in [7, 11) is 0. The van der Waals surface area contributed by atoms with Gasteiger partial charge >= 0.3 is 0 Å². The molecule has 0 spiro atoms. The molecule has 3 aromatic heterocycles. The van der Waals surface area contributed by atoms with Crippen molar-refractivity contribution in [3.63, 3.8) is 0 Å². The van der Waals surface area contributed by atoms with Crippen LogP contribution in [0.25, 0.3) is 60.4 Å². The summed E-state index contributed by atoms with van der Waals surface area (Å²) in [6, 6.07) is 33.9. The zero-order valence-electron chi connectivity index (χ0n) is 17.7. The van der Waals surface area contributed by atoms with E-state index < -0.39 is 0 Å². The van der Waals surface area contributed by atoms with Gasteiger partial charge in [0.25, 0.3) is 5.56 Å². The Labute approximate surface area is 188 Å². The summed E-state index contributed by atoms with van der Waals surface area (Å²) in [5, 5.41) is 4.45. The van der Waals surface area contributed by atoms with Crippen molar-refractivity contribution in [1.29, 1.82) is 0 Å². The number of pyridine rings is 1. The number of benzene rings is 4. The Morgan fingerprint density at radius 2 is 1.48 bits per heavy atom. The number of para-hydroxylation sites is 2. The molecule has 4 heteroatoms. The Bertz CT molecular complexity index is 1890. The second kappa shape index (κ2) is 6.71. The summed E-state index contributed by atoms with van der Waals surface area (Å²) < 4.78 is 2.32. The van der Waals surface area contributed by atoms with Gasteiger partial charge in [0.1, 0.15) is 5.52 Å². The highest BCUT2D eigenvalue weighted by Gasteiger charge is 2.15. The van der Waals surface area contributed by atoms with Gasteiger partial charge in [-0.3, -0.25) is 4.79 Å². The third-order valence-electron chi connectivity index (χ3n) is 6.55. The van der Waals surface area contributed by atoms with Gasteiger partial charge in [0.05, 0.1) is 11.0 Å². The smallest absolute Gasteiger partial charge is 0.272 e. The molecule has 2 N–H and O–H groups in total. The fraction of sp³-hybridized carbons (Fsp3) is 0. The number of nitrogens with zero attached hydrogens (tertiary/aromatic N) is 1. The molecule has 0 saturated carbocycles. The fourth-order valence-corrected chi connectivity index (χ4v) is 5.13. The molecule has 0 bridgehead atoms. The maximum atomic E-state index is 12.4. The number of nitrogens with one attached hydrogen (secondary N) is 2. The predicted octanol–water partition coefficient (Wildman–Crippen LogP) is 6.77. The average molecular weight is 425 g/mol. The highest BCUT2D eigenvalue weighted by molar-refractivity contribution is 6.16. The second-order valence-electron chi connectivity index (χ2n) is 8.37. The quantitative estimate of drug-likeness (QED) is 0.315. The molecule has 0 unspecified atom stereocenters. The summed E-state index contributed by atoms with van der Waals surface area (Å²) >= 11 is 0. The number of hydrogen-bond acceptors (Lipinski definition) is 1. The molecule has 4 nitrogen and oxygen atoms in total. The molecule has 0 aliphatic carbocycles. The molecule has 0 amide bonds. The van der Waals surface area contributed by atoms with Crippen molar-refractivity contribution in [2.75, 3.05) is 0 Å². The van der Waals surface area contributed by atoms with Crippen molar-refractivity contribution in [3.8, 4) is 16.8 Å². The molecule has 4 aromatic carbocycles. The molecule has 0 radical (unpaired) electrons. The van der Waals surface area contributed by atoms with E-state index in [0.717, 1.165) is 33.1 Å². The van der Waals surface area contributed by atoms with Gasteiger partial charge in [-0.15, -0.1) is 0 Å². The van der Waals surface area contributed by atoms with Crippen molar-refractivity contribution in [3.05, 3.63) is 114 Å². The molecule has 0 aliphatic rings. The molecule has 0 saturated heterocycles. The minimum absolute atomic E-state index is 0.101. The normalized spacial score (nSPS) is 11.8. The second-order valence-corrected chi connectivity index (χ2v) is 8.37. The lowest BCUT2D eigenvalue weighted by molar-refractivity contribution is 1.18. The van der Waals surface area contributed by atoms with Gasteiger partial charge in [0, 0.05) is 38.9 Å². The van der Waals surface area contributed by atoms with Crippen LogP contribution in [0.5, 0.6) is 0 Å². The van der Waals surface area contributed by atoms with Crippen LogP contribution in [0.2, 0.25) is 0 Å². The molecular weight excluding hydrogens is 406 g/mol. The third kappa shape index (κ3) is 2.55. The summed E-state index contributed by atoms with van der Waals surface area (Å²) in [6.07, 6.45) is 1.71. The summed E-state index contributed by atoms with van der Waals surface area (Å²) in [5.41, 5.74) is 7.23. The van der Waals surface area contributed by atoms with E-state index >= 15 is 0 Å². The van der Waals surface area contributed by atoms with Gasteiger partial charge in [-0.2, -0.15) is 0 Å². The molecule has 7 rings (SSSR count). The van der Waals surface area contributed by atoms with Crippen LogP contribution in [-0.2, 0) is 0 Å². The molecule has 0 fully saturated rings. The van der Waals surface area contributed by atoms with Crippen LogP contribution < -0.4 is 5.56 Å². The van der Waals surface area contributed by atoms with Gasteiger partial charge in [-0.05, 0) is 53.6 Å². The summed E-state index contributed by atoms with van der Waals surface area (Å²) in [6.45, 7) is 0. The van der Waals surface area contributed by atoms with Crippen molar-refractivity contribution >= 4 is 43.6 Å². The van der Waals surface area contributed by atoms with Crippen molar-refractivity contribution in [1.82, 2.24) is 14.5 Å². The molecule has 156 valence electrons. The zero-order chi connectivity index (χ0) is 21.9. The first-order valence-electron chi connectivity index (χ1n) is 11.0. The first kappa shape index (κ1) is 18.0. The fourth-order valence-electron chi connectivity index (χ4n) is 5.13. The average Bonchev–Trinajstić information content (AvgIpc) is 3.41. The third-order valence-corrected chi connectivity index (χ3v) is 6.55. The monoisotopic (exact) mass is 425 g/mol. The lowest BCUT2D eigenvalue weighted by Crippen LogP contribution is -2.03. The molecule has 0 atom stereocenters. The number of aromatic nitrogens is 3. The van der Waals surface area contributed by atoms with Crippen LogP contribution in [0.1, 0.15) is 0 Å². The zero-order valence-corrected chi connectivity index (χ0v) is 17.7. The van der Waals surface area contributed by atoms with Gasteiger partial charge in [0.2, 0.25) is 0 Å². The Morgan fingerprint density at radius 1 is 0.667 bits per heavy atom. The lowest BCUT2D eigenvalue weighted by Gasteiger charge is -2.09. The van der Waals surface area contributed by atoms with Crippen LogP contribution in [-0.4, -0.2) is 14.5 Å². The number of fused-ring (bicyclic) bond motifs is 6. The van der Waals surface area contributed by atoms with Crippen LogP contribution in [0, 0.1) is 0 Å². The van der Waals surface area contributed by atoms with Crippen molar-refractivity contribution in [2.24, 2.45) is 0 Å². The first-order chi connectivity index (χ1) is 16.3. The van der Waals surface area contributed by atoms with Crippen LogP contribution in [0.4, 0.5) is 0 Å². The lowest BCUT2D eigenvalue weighted by atomic mass is 9.98. The highest BCUT2D eigenvalue weighted by atomic mass is 16.1. The van der Waals surface area contributed by atoms with E-state index in [2.05, 4.69) is 87.3 Å². The summed E-state index contributed by atoms with van der Waals surface area (Å²) in [4.78, 5) is 18.4. The van der Waals surface area contributed by atoms with E-state index in [4.69, 9.17) is 0 Å². The Balaban J connectivity index is 1.56. The van der Waals surface area contributed by atoms with Crippen LogP contribution in [0.3, 0.4) is 0 Å². The Hall–Kier alpha value is -4.57. The van der Waals surface area contributed by atoms with Crippen LogP contribution >= 0.6 is 0 Å². The van der Waals surface area contributed by atoms with Gasteiger partial charge < -0.3 is 14.5 Å². The SMILES string of the molecule is O=c1[nH]ccc2c1[nH]c1cccc(-c3ccc4c(c3)c3ccccc3n4-c3ccccc3)c12. The Morgan fingerprint density at radius 3 is 2.39 bits per heavy atom. The van der Waals surface area contributed by atoms with Gasteiger partial charge in [0.15, 0.2) is 0 Å². The molecule has 33 heavy (non-hydrogen) atoms. The minimum atomic E-state index is -0.101. The predicted molar refractivity (Wildman–Crippen MR) is 136 cm³/mol.